The average Bonchev–Trinajstić information content (AvgIpc) is 2.67. The fourth-order valence-corrected chi connectivity index (χ4v) is 1.77. The summed E-state index contributed by atoms with van der Waals surface area (Å²) in [6, 6.07) is 0. The molecule has 1 aliphatic heterocycles. The summed E-state index contributed by atoms with van der Waals surface area (Å²) in [6.45, 7) is 4.20. The first-order valence-corrected chi connectivity index (χ1v) is 5.81. The minimum Gasteiger partial charge on any atom is -0.377 e. The lowest BCUT2D eigenvalue weighted by molar-refractivity contribution is -0.122. The van der Waals surface area contributed by atoms with Crippen molar-refractivity contribution in [2.45, 2.75) is 37.8 Å². The van der Waals surface area contributed by atoms with Crippen LogP contribution < -0.4 is 11.5 Å². The normalized spacial score (nSPS) is 24.6. The molecule has 0 aromatic rings. The lowest BCUT2D eigenvalue weighted by atomic mass is 9.98. The molecule has 1 saturated heterocycles. The monoisotopic (exact) mass is 229 g/mol. The van der Waals surface area contributed by atoms with Gasteiger partial charge in [-0.15, -0.1) is 0 Å². The van der Waals surface area contributed by atoms with E-state index >= 15 is 0 Å². The van der Waals surface area contributed by atoms with Crippen molar-refractivity contribution in [3.05, 3.63) is 0 Å². The van der Waals surface area contributed by atoms with Crippen molar-refractivity contribution in [2.24, 2.45) is 11.5 Å². The quantitative estimate of drug-likeness (QED) is 0.654. The third-order valence-electron chi connectivity index (χ3n) is 3.12. The third-order valence-corrected chi connectivity index (χ3v) is 3.12. The molecule has 94 valence electrons. The second kappa shape index (κ2) is 5.61. The molecular weight excluding hydrogens is 206 g/mol. The van der Waals surface area contributed by atoms with Crippen LogP contribution in [0.15, 0.2) is 0 Å². The van der Waals surface area contributed by atoms with Crippen molar-refractivity contribution in [1.29, 1.82) is 0 Å². The van der Waals surface area contributed by atoms with E-state index < -0.39 is 11.4 Å². The van der Waals surface area contributed by atoms with Crippen molar-refractivity contribution >= 4 is 5.91 Å². The minimum atomic E-state index is -0.912. The van der Waals surface area contributed by atoms with Crippen LogP contribution in [0.1, 0.15) is 26.2 Å². The van der Waals surface area contributed by atoms with Gasteiger partial charge in [0.25, 0.3) is 0 Å². The van der Waals surface area contributed by atoms with E-state index in [1.807, 2.05) is 7.05 Å². The van der Waals surface area contributed by atoms with E-state index in [4.69, 9.17) is 16.2 Å². The maximum absolute atomic E-state index is 11.0. The van der Waals surface area contributed by atoms with Gasteiger partial charge in [-0.2, -0.15) is 0 Å². The van der Waals surface area contributed by atoms with Crippen LogP contribution in [-0.4, -0.2) is 49.2 Å². The van der Waals surface area contributed by atoms with Crippen LogP contribution in [0.2, 0.25) is 0 Å². The molecule has 0 saturated carbocycles. The molecule has 2 atom stereocenters. The van der Waals surface area contributed by atoms with Gasteiger partial charge in [0.05, 0.1) is 11.6 Å². The number of nitrogens with zero attached hydrogens (tertiary/aromatic N) is 1. The van der Waals surface area contributed by atoms with E-state index in [-0.39, 0.29) is 0 Å². The Morgan fingerprint density at radius 2 is 2.31 bits per heavy atom. The van der Waals surface area contributed by atoms with Crippen LogP contribution in [0.25, 0.3) is 0 Å². The number of primary amides is 1. The molecule has 0 spiro atoms. The van der Waals surface area contributed by atoms with E-state index in [1.54, 1.807) is 6.92 Å². The Morgan fingerprint density at radius 3 is 2.81 bits per heavy atom. The van der Waals surface area contributed by atoms with E-state index in [1.165, 1.54) is 0 Å². The van der Waals surface area contributed by atoms with Gasteiger partial charge < -0.3 is 21.1 Å². The highest BCUT2D eigenvalue weighted by Crippen LogP contribution is 2.13. The van der Waals surface area contributed by atoms with E-state index in [0.717, 1.165) is 32.5 Å². The van der Waals surface area contributed by atoms with Gasteiger partial charge in [0, 0.05) is 19.7 Å². The summed E-state index contributed by atoms with van der Waals surface area (Å²) >= 11 is 0. The Labute approximate surface area is 97.1 Å². The summed E-state index contributed by atoms with van der Waals surface area (Å²) in [7, 11) is 2.01. The maximum Gasteiger partial charge on any atom is 0.237 e. The first-order chi connectivity index (χ1) is 7.42. The molecule has 0 aliphatic carbocycles. The Morgan fingerprint density at radius 1 is 1.62 bits per heavy atom. The van der Waals surface area contributed by atoms with Crippen LogP contribution in [0.5, 0.6) is 0 Å². The molecule has 16 heavy (non-hydrogen) atoms. The van der Waals surface area contributed by atoms with Crippen molar-refractivity contribution in [2.75, 3.05) is 26.7 Å². The molecule has 0 bridgehead atoms. The number of rotatable bonds is 6. The predicted octanol–water partition coefficient (Wildman–Crippen LogP) is -0.310. The molecule has 0 aromatic heterocycles. The van der Waals surface area contributed by atoms with E-state index in [0.29, 0.717) is 12.5 Å². The average molecular weight is 229 g/mol. The van der Waals surface area contributed by atoms with Crippen LogP contribution in [-0.2, 0) is 9.53 Å². The SMILES string of the molecule is CN(CCC(C)(N)C(N)=O)CC1CCCO1. The zero-order valence-corrected chi connectivity index (χ0v) is 10.2. The molecule has 1 amide bonds. The topological polar surface area (TPSA) is 81.6 Å². The van der Waals surface area contributed by atoms with Crippen LogP contribution in [0.4, 0.5) is 0 Å². The molecule has 0 radical (unpaired) electrons. The lowest BCUT2D eigenvalue weighted by Gasteiger charge is -2.25. The second-order valence-corrected chi connectivity index (χ2v) is 4.93. The Hall–Kier alpha value is -0.650. The molecule has 1 rings (SSSR count). The number of amides is 1. The largest absolute Gasteiger partial charge is 0.377 e. The number of likely N-dealkylation sites (N-methyl/N-ethyl adjacent to an activating group) is 1. The maximum atomic E-state index is 11.0. The van der Waals surface area contributed by atoms with Gasteiger partial charge in [-0.1, -0.05) is 0 Å². The number of nitrogens with two attached hydrogens (primary N) is 2. The van der Waals surface area contributed by atoms with Gasteiger partial charge >= 0.3 is 0 Å². The van der Waals surface area contributed by atoms with E-state index in [2.05, 4.69) is 4.90 Å². The molecule has 4 N–H and O–H groups in total. The molecular formula is C11H23N3O2. The fraction of sp³-hybridized carbons (Fsp3) is 0.909. The lowest BCUT2D eigenvalue weighted by Crippen LogP contribution is -2.51. The van der Waals surface area contributed by atoms with Crippen molar-refractivity contribution in [1.82, 2.24) is 4.90 Å². The molecule has 1 heterocycles. The molecule has 5 heteroatoms. The van der Waals surface area contributed by atoms with Gasteiger partial charge in [-0.3, -0.25) is 4.79 Å². The van der Waals surface area contributed by atoms with Gasteiger partial charge in [0.15, 0.2) is 0 Å². The van der Waals surface area contributed by atoms with Crippen molar-refractivity contribution in [3.63, 3.8) is 0 Å². The molecule has 5 nitrogen and oxygen atoms in total. The highest BCUT2D eigenvalue weighted by atomic mass is 16.5. The number of ether oxygens (including phenoxy) is 1. The molecule has 0 aromatic carbocycles. The third kappa shape index (κ3) is 4.08. The summed E-state index contributed by atoms with van der Waals surface area (Å²) in [5.74, 6) is -0.446. The molecule has 2 unspecified atom stereocenters. The number of carbonyl (C=O) groups is 1. The zero-order valence-electron chi connectivity index (χ0n) is 10.2. The number of hydrogen-bond acceptors (Lipinski definition) is 4. The van der Waals surface area contributed by atoms with Crippen molar-refractivity contribution < 1.29 is 9.53 Å². The first-order valence-electron chi connectivity index (χ1n) is 5.81. The van der Waals surface area contributed by atoms with Gasteiger partial charge in [0.1, 0.15) is 0 Å². The number of hydrogen-bond donors (Lipinski definition) is 2. The summed E-state index contributed by atoms with van der Waals surface area (Å²) < 4.78 is 5.54. The van der Waals surface area contributed by atoms with Crippen molar-refractivity contribution in [3.8, 4) is 0 Å². The van der Waals surface area contributed by atoms with Crippen LogP contribution in [0, 0.1) is 0 Å². The smallest absolute Gasteiger partial charge is 0.237 e. The summed E-state index contributed by atoms with van der Waals surface area (Å²) in [4.78, 5) is 13.2. The van der Waals surface area contributed by atoms with Gasteiger partial charge in [-0.05, 0) is 33.2 Å². The standard InChI is InChI=1S/C11H23N3O2/c1-11(13,10(12)15)5-6-14(2)8-9-4-3-7-16-9/h9H,3-8,13H2,1-2H3,(H2,12,15). The Kier molecular flexibility index (Phi) is 4.70. The van der Waals surface area contributed by atoms with E-state index in [9.17, 15) is 4.79 Å². The molecule has 1 aliphatic rings. The number of carbonyl (C=O) groups excluding carboxylic acids is 1. The minimum absolute atomic E-state index is 0.336. The van der Waals surface area contributed by atoms with Crippen LogP contribution in [0.3, 0.4) is 0 Å². The zero-order chi connectivity index (χ0) is 12.2. The van der Waals surface area contributed by atoms with Crippen LogP contribution >= 0.6 is 0 Å². The molecule has 1 fully saturated rings. The first kappa shape index (κ1) is 13.4. The highest BCUT2D eigenvalue weighted by Gasteiger charge is 2.26. The summed E-state index contributed by atoms with van der Waals surface area (Å²) in [6.07, 6.45) is 3.18. The van der Waals surface area contributed by atoms with Gasteiger partial charge in [-0.25, -0.2) is 0 Å². The Balaban J connectivity index is 2.23. The second-order valence-electron chi connectivity index (χ2n) is 4.93. The highest BCUT2D eigenvalue weighted by molar-refractivity contribution is 5.83. The summed E-state index contributed by atoms with van der Waals surface area (Å²) in [5.41, 5.74) is 10.1. The Bertz CT molecular complexity index is 237. The van der Waals surface area contributed by atoms with Gasteiger partial charge in [0.2, 0.25) is 5.91 Å². The summed E-state index contributed by atoms with van der Waals surface area (Å²) in [5, 5.41) is 0. The fourth-order valence-electron chi connectivity index (χ4n) is 1.77. The predicted molar refractivity (Wildman–Crippen MR) is 62.9 cm³/mol.